The largest absolute Gasteiger partial charge is 0.471 e. The quantitative estimate of drug-likeness (QED) is 0.735. The molecule has 9 heteroatoms. The molecule has 2 aromatic rings. The Morgan fingerprint density at radius 3 is 2.40 bits per heavy atom. The summed E-state index contributed by atoms with van der Waals surface area (Å²) in [5, 5.41) is 3.24. The average molecular weight is 392 g/mol. The summed E-state index contributed by atoms with van der Waals surface area (Å²) in [5.41, 5.74) is 0.576. The molecule has 0 aliphatic heterocycles. The van der Waals surface area contributed by atoms with Crippen LogP contribution in [0.15, 0.2) is 29.6 Å². The van der Waals surface area contributed by atoms with Crippen LogP contribution in [0.5, 0.6) is 0 Å². The van der Waals surface area contributed by atoms with Gasteiger partial charge < -0.3 is 10.1 Å². The minimum Gasteiger partial charge on any atom is -0.459 e. The number of anilines is 1. The zero-order valence-corrected chi connectivity index (χ0v) is 14.7. The van der Waals surface area contributed by atoms with Crippen molar-refractivity contribution in [3.05, 3.63) is 40.2 Å². The number of nitrogens with one attached hydrogen (secondary N) is 1. The summed E-state index contributed by atoms with van der Waals surface area (Å²) in [6, 6.07) is 6.55. The zero-order valence-electron chi connectivity index (χ0n) is 13.1. The molecule has 2 rings (SSSR count). The number of carbonyl (C=O) groups is 2. The van der Waals surface area contributed by atoms with E-state index in [1.807, 2.05) is 0 Å². The second kappa shape index (κ2) is 7.45. The van der Waals surface area contributed by atoms with Crippen LogP contribution in [0.1, 0.15) is 24.2 Å². The van der Waals surface area contributed by atoms with Crippen molar-refractivity contribution < 1.29 is 27.5 Å². The van der Waals surface area contributed by atoms with Crippen LogP contribution in [0.25, 0.3) is 11.1 Å². The van der Waals surface area contributed by atoms with Gasteiger partial charge in [-0.15, -0.1) is 11.3 Å². The first kappa shape index (κ1) is 19.3. The van der Waals surface area contributed by atoms with Crippen LogP contribution in [0.4, 0.5) is 18.2 Å². The fourth-order valence-electron chi connectivity index (χ4n) is 1.98. The second-order valence-corrected chi connectivity index (χ2v) is 6.53. The Hall–Kier alpha value is -2.06. The normalized spacial score (nSPS) is 11.5. The van der Waals surface area contributed by atoms with E-state index in [9.17, 15) is 22.8 Å². The molecule has 134 valence electrons. The number of amides is 1. The fraction of sp³-hybridized carbons (Fsp3) is 0.250. The van der Waals surface area contributed by atoms with Gasteiger partial charge in [-0.2, -0.15) is 13.2 Å². The van der Waals surface area contributed by atoms with E-state index in [4.69, 9.17) is 16.3 Å². The Bertz CT molecular complexity index is 802. The lowest BCUT2D eigenvalue weighted by molar-refractivity contribution is -0.167. The third kappa shape index (κ3) is 4.52. The molecule has 0 radical (unpaired) electrons. The van der Waals surface area contributed by atoms with Crippen LogP contribution in [0.3, 0.4) is 0 Å². The topological polar surface area (TPSA) is 55.4 Å². The van der Waals surface area contributed by atoms with Gasteiger partial charge in [0.05, 0.1) is 6.10 Å². The van der Waals surface area contributed by atoms with Gasteiger partial charge in [0.1, 0.15) is 10.6 Å². The van der Waals surface area contributed by atoms with Crippen molar-refractivity contribution in [1.82, 2.24) is 0 Å². The number of hydrogen-bond donors (Lipinski definition) is 1. The summed E-state index contributed by atoms with van der Waals surface area (Å²) >= 11 is 6.90. The average Bonchev–Trinajstić information content (AvgIpc) is 2.89. The molecule has 0 saturated heterocycles. The van der Waals surface area contributed by atoms with Crippen LogP contribution in [-0.4, -0.2) is 24.2 Å². The molecule has 0 aliphatic rings. The van der Waals surface area contributed by atoms with Crippen LogP contribution >= 0.6 is 22.9 Å². The SMILES string of the molecule is CC(C)OC(=O)c1c(-c2ccccc2Cl)csc1NC(=O)C(F)(F)F. The van der Waals surface area contributed by atoms with Crippen molar-refractivity contribution in [2.75, 3.05) is 5.32 Å². The summed E-state index contributed by atoms with van der Waals surface area (Å²) in [7, 11) is 0. The minimum absolute atomic E-state index is 0.163. The van der Waals surface area contributed by atoms with E-state index in [0.29, 0.717) is 16.1 Å². The predicted octanol–water partition coefficient (Wildman–Crippen LogP) is 5.13. The van der Waals surface area contributed by atoms with Gasteiger partial charge in [0.2, 0.25) is 0 Å². The van der Waals surface area contributed by atoms with Crippen LogP contribution < -0.4 is 5.32 Å². The highest BCUT2D eigenvalue weighted by molar-refractivity contribution is 7.15. The number of esters is 1. The molecule has 0 saturated carbocycles. The van der Waals surface area contributed by atoms with Gasteiger partial charge in [0.25, 0.3) is 0 Å². The van der Waals surface area contributed by atoms with Crippen LogP contribution in [0.2, 0.25) is 5.02 Å². The van der Waals surface area contributed by atoms with Gasteiger partial charge in [0.15, 0.2) is 0 Å². The number of hydrogen-bond acceptors (Lipinski definition) is 4. The van der Waals surface area contributed by atoms with Crippen molar-refractivity contribution in [1.29, 1.82) is 0 Å². The lowest BCUT2D eigenvalue weighted by Gasteiger charge is -2.12. The number of benzene rings is 1. The van der Waals surface area contributed by atoms with Crippen LogP contribution in [0, 0.1) is 0 Å². The second-order valence-electron chi connectivity index (χ2n) is 5.24. The maximum Gasteiger partial charge on any atom is 0.471 e. The Morgan fingerprint density at radius 2 is 1.84 bits per heavy atom. The molecule has 4 nitrogen and oxygen atoms in total. The molecule has 0 spiro atoms. The molecule has 0 bridgehead atoms. The molecule has 1 aromatic carbocycles. The Labute approximate surface area is 150 Å². The summed E-state index contributed by atoms with van der Waals surface area (Å²) in [5.74, 6) is -3.01. The molecule has 0 unspecified atom stereocenters. The van der Waals surface area contributed by atoms with Crippen molar-refractivity contribution in [3.8, 4) is 11.1 Å². The fourth-order valence-corrected chi connectivity index (χ4v) is 3.16. The molecule has 25 heavy (non-hydrogen) atoms. The highest BCUT2D eigenvalue weighted by Crippen LogP contribution is 2.39. The highest BCUT2D eigenvalue weighted by Gasteiger charge is 2.40. The van der Waals surface area contributed by atoms with Crippen molar-refractivity contribution in [2.24, 2.45) is 0 Å². The van der Waals surface area contributed by atoms with Gasteiger partial charge >= 0.3 is 18.1 Å². The Morgan fingerprint density at radius 1 is 1.20 bits per heavy atom. The molecular weight excluding hydrogens is 379 g/mol. The molecule has 0 aliphatic carbocycles. The van der Waals surface area contributed by atoms with Crippen molar-refractivity contribution in [2.45, 2.75) is 26.1 Å². The zero-order chi connectivity index (χ0) is 18.8. The van der Waals surface area contributed by atoms with E-state index in [1.54, 1.807) is 43.4 Å². The van der Waals surface area contributed by atoms with Crippen LogP contribution in [-0.2, 0) is 9.53 Å². The van der Waals surface area contributed by atoms with E-state index in [0.717, 1.165) is 11.3 Å². The van der Waals surface area contributed by atoms with E-state index in [2.05, 4.69) is 0 Å². The molecule has 0 atom stereocenters. The summed E-state index contributed by atoms with van der Waals surface area (Å²) in [6.07, 6.45) is -5.56. The number of carbonyl (C=O) groups excluding carboxylic acids is 2. The highest BCUT2D eigenvalue weighted by atomic mass is 35.5. The molecule has 1 N–H and O–H groups in total. The number of thiophene rings is 1. The Balaban J connectivity index is 2.53. The number of alkyl halides is 3. The third-order valence-electron chi connectivity index (χ3n) is 2.99. The maximum absolute atomic E-state index is 12.5. The molecule has 0 fully saturated rings. The molecule has 1 heterocycles. The third-order valence-corrected chi connectivity index (χ3v) is 4.21. The van der Waals surface area contributed by atoms with Gasteiger partial charge in [0, 0.05) is 21.5 Å². The number of halogens is 4. The maximum atomic E-state index is 12.5. The minimum atomic E-state index is -5.08. The first-order valence-corrected chi connectivity index (χ1v) is 8.32. The smallest absolute Gasteiger partial charge is 0.459 e. The first-order chi connectivity index (χ1) is 11.6. The van der Waals surface area contributed by atoms with Gasteiger partial charge in [-0.1, -0.05) is 29.8 Å². The lowest BCUT2D eigenvalue weighted by atomic mass is 10.0. The van der Waals surface area contributed by atoms with Gasteiger partial charge in [-0.3, -0.25) is 4.79 Å². The van der Waals surface area contributed by atoms with E-state index < -0.39 is 24.2 Å². The monoisotopic (exact) mass is 391 g/mol. The van der Waals surface area contributed by atoms with E-state index in [1.165, 1.54) is 5.38 Å². The molecular formula is C16H13ClF3NO3S. The molecule has 1 aromatic heterocycles. The number of rotatable bonds is 4. The lowest BCUT2D eigenvalue weighted by Crippen LogP contribution is -2.30. The molecule has 1 amide bonds. The summed E-state index contributed by atoms with van der Waals surface area (Å²) < 4.78 is 42.7. The summed E-state index contributed by atoms with van der Waals surface area (Å²) in [6.45, 7) is 3.21. The van der Waals surface area contributed by atoms with E-state index in [-0.39, 0.29) is 10.6 Å². The standard InChI is InChI=1S/C16H13ClF3NO3S/c1-8(2)24-14(22)12-10(9-5-3-4-6-11(9)17)7-25-13(12)21-15(23)16(18,19)20/h3-8H,1-2H3,(H,21,23). The van der Waals surface area contributed by atoms with Crippen molar-refractivity contribution >= 4 is 39.8 Å². The Kier molecular flexibility index (Phi) is 5.74. The first-order valence-electron chi connectivity index (χ1n) is 7.06. The summed E-state index contributed by atoms with van der Waals surface area (Å²) in [4.78, 5) is 23.6. The van der Waals surface area contributed by atoms with Crippen molar-refractivity contribution in [3.63, 3.8) is 0 Å². The van der Waals surface area contributed by atoms with Gasteiger partial charge in [-0.25, -0.2) is 4.79 Å². The van der Waals surface area contributed by atoms with E-state index >= 15 is 0 Å². The van der Waals surface area contributed by atoms with Gasteiger partial charge in [-0.05, 0) is 19.9 Å². The number of ether oxygens (including phenoxy) is 1. The predicted molar refractivity (Wildman–Crippen MR) is 90.0 cm³/mol.